The zero-order valence-corrected chi connectivity index (χ0v) is 24.7. The van der Waals surface area contributed by atoms with Gasteiger partial charge in [0, 0.05) is 77.0 Å². The zero-order chi connectivity index (χ0) is 24.7. The number of para-hydroxylation sites is 1. The van der Waals surface area contributed by atoms with Crippen LogP contribution in [0.3, 0.4) is 0 Å². The average Bonchev–Trinajstić information content (AvgIpc) is 3.71. The largest absolute Gasteiger partial charge is 0.341 e. The van der Waals surface area contributed by atoms with E-state index < -0.39 is 0 Å². The first-order valence-corrected chi connectivity index (χ1v) is 14.0. The van der Waals surface area contributed by atoms with Crippen LogP contribution in [0.1, 0.15) is 11.8 Å². The number of imidazole rings is 1. The molecule has 187 valence electrons. The fraction of sp³-hybridized carbons (Fsp3) is 0.0968. The fourth-order valence-corrected chi connectivity index (χ4v) is 7.63. The summed E-state index contributed by atoms with van der Waals surface area (Å²) in [7, 11) is 0. The molecule has 0 aliphatic carbocycles. The molecule has 2 aromatic carbocycles. The number of benzene rings is 2. The molecule has 8 aromatic rings. The maximum atomic E-state index is 5.19. The Labute approximate surface area is 240 Å². The maximum Gasteiger partial charge on any atom is 0.0902 e. The van der Waals surface area contributed by atoms with Crippen LogP contribution in [0.2, 0.25) is 0 Å². The predicted octanol–water partition coefficient (Wildman–Crippen LogP) is 8.73. The molecule has 0 N–H and O–H groups in total. The van der Waals surface area contributed by atoms with Gasteiger partial charge in [-0.2, -0.15) is 0 Å². The van der Waals surface area contributed by atoms with Crippen molar-refractivity contribution in [3.63, 3.8) is 0 Å². The minimum absolute atomic E-state index is 0. The summed E-state index contributed by atoms with van der Waals surface area (Å²) in [6.45, 7) is 5.31. The summed E-state index contributed by atoms with van der Waals surface area (Å²) in [5.41, 5.74) is 6.59. The Hall–Kier alpha value is -3.35. The molecule has 0 fully saturated rings. The first-order chi connectivity index (χ1) is 18.2. The van der Waals surface area contributed by atoms with Crippen molar-refractivity contribution in [2.75, 3.05) is 0 Å². The Bertz CT molecular complexity index is 2160. The molecule has 0 amide bonds. The smallest absolute Gasteiger partial charge is 0.0902 e. The molecule has 0 aliphatic rings. The molecule has 0 unspecified atom stereocenters. The van der Waals surface area contributed by atoms with Gasteiger partial charge in [-0.15, -0.1) is 16.7 Å². The number of pyridine rings is 2. The maximum absolute atomic E-state index is 5.19. The second-order valence-corrected chi connectivity index (χ2v) is 11.4. The van der Waals surface area contributed by atoms with Crippen molar-refractivity contribution >= 4 is 71.1 Å². The third kappa shape index (κ3) is 3.29. The summed E-state index contributed by atoms with van der Waals surface area (Å²) in [6.07, 6.45) is 3.92. The zero-order valence-electron chi connectivity index (χ0n) is 20.7. The summed E-state index contributed by atoms with van der Waals surface area (Å²) >= 11 is 3.44. The van der Waals surface area contributed by atoms with Gasteiger partial charge in [0.2, 0.25) is 0 Å². The van der Waals surface area contributed by atoms with E-state index >= 15 is 0 Å². The van der Waals surface area contributed by atoms with Crippen LogP contribution in [0.15, 0.2) is 79.1 Å². The second-order valence-electron chi connectivity index (χ2n) is 9.38. The summed E-state index contributed by atoms with van der Waals surface area (Å²) < 4.78 is 4.57. The average molecular weight is 706 g/mol. The van der Waals surface area contributed by atoms with Crippen LogP contribution in [0, 0.1) is 12.3 Å². The van der Waals surface area contributed by atoms with Gasteiger partial charge < -0.3 is 8.97 Å². The molecule has 38 heavy (non-hydrogen) atoms. The molecule has 0 saturated heterocycles. The summed E-state index contributed by atoms with van der Waals surface area (Å²) in [4.78, 5) is 13.5. The van der Waals surface area contributed by atoms with Crippen molar-refractivity contribution in [1.29, 1.82) is 0 Å². The molecule has 0 spiro atoms. The third-order valence-electron chi connectivity index (χ3n) is 7.29. The van der Waals surface area contributed by atoms with Gasteiger partial charge in [0.1, 0.15) is 0 Å². The van der Waals surface area contributed by atoms with Crippen molar-refractivity contribution in [2.45, 2.75) is 20.4 Å². The Morgan fingerprint density at radius 3 is 2.63 bits per heavy atom. The quantitative estimate of drug-likeness (QED) is 0.173. The van der Waals surface area contributed by atoms with Gasteiger partial charge >= 0.3 is 0 Å². The Morgan fingerprint density at radius 2 is 1.74 bits per heavy atom. The minimum Gasteiger partial charge on any atom is -0.341 e. The molecule has 7 heteroatoms. The number of aromatic nitrogens is 4. The Morgan fingerprint density at radius 1 is 0.895 bits per heavy atom. The molecule has 8 rings (SSSR count). The number of nitrogens with zero attached hydrogens (tertiary/aromatic N) is 4. The minimum atomic E-state index is 0. The monoisotopic (exact) mass is 706 g/mol. The Balaban J connectivity index is 0.00000242. The van der Waals surface area contributed by atoms with Gasteiger partial charge in [0.25, 0.3) is 0 Å². The summed E-state index contributed by atoms with van der Waals surface area (Å²) in [6, 6.07) is 24.0. The number of fused-ring (bicyclic) bond motifs is 9. The SMILES string of the molecule is CCn1c2ccccc2c2cc(-c3cccc(-c4s[c-]c5c4c4cc(C)sc4n4ccnc54)n3)ccc21.[Ir]. The van der Waals surface area contributed by atoms with Gasteiger partial charge in [0.15, 0.2) is 0 Å². The van der Waals surface area contributed by atoms with Crippen LogP contribution in [-0.2, 0) is 26.7 Å². The van der Waals surface area contributed by atoms with Gasteiger partial charge in [-0.05, 0) is 55.6 Å². The summed E-state index contributed by atoms with van der Waals surface area (Å²) in [5, 5.41) is 9.63. The predicted molar refractivity (Wildman–Crippen MR) is 157 cm³/mol. The molecule has 0 atom stereocenters. The van der Waals surface area contributed by atoms with Crippen LogP contribution in [-0.4, -0.2) is 18.9 Å². The Kier molecular flexibility index (Phi) is 5.53. The van der Waals surface area contributed by atoms with Crippen molar-refractivity contribution in [1.82, 2.24) is 18.9 Å². The number of aryl methyl sites for hydroxylation is 2. The van der Waals surface area contributed by atoms with Crippen molar-refractivity contribution in [3.8, 4) is 21.8 Å². The third-order valence-corrected chi connectivity index (χ3v) is 9.26. The van der Waals surface area contributed by atoms with E-state index in [9.17, 15) is 0 Å². The first-order valence-electron chi connectivity index (χ1n) is 12.4. The van der Waals surface area contributed by atoms with E-state index in [1.54, 1.807) is 22.7 Å². The topological polar surface area (TPSA) is 35.1 Å². The molecular formula is C31H21IrN4S2-. The van der Waals surface area contributed by atoms with E-state index in [0.29, 0.717) is 0 Å². The number of hydrogen-bond donors (Lipinski definition) is 0. The van der Waals surface area contributed by atoms with E-state index in [1.165, 1.54) is 42.3 Å². The van der Waals surface area contributed by atoms with E-state index in [-0.39, 0.29) is 20.1 Å². The van der Waals surface area contributed by atoms with Crippen LogP contribution >= 0.6 is 22.7 Å². The fourth-order valence-electron chi connectivity index (χ4n) is 5.70. The van der Waals surface area contributed by atoms with Crippen molar-refractivity contribution in [3.05, 3.63) is 89.4 Å². The van der Waals surface area contributed by atoms with E-state index in [2.05, 4.69) is 99.9 Å². The van der Waals surface area contributed by atoms with E-state index in [4.69, 9.17) is 4.98 Å². The van der Waals surface area contributed by atoms with Crippen LogP contribution in [0.5, 0.6) is 0 Å². The summed E-state index contributed by atoms with van der Waals surface area (Å²) in [5.74, 6) is 0. The van der Waals surface area contributed by atoms with Crippen molar-refractivity contribution < 1.29 is 20.1 Å². The molecule has 0 aliphatic heterocycles. The van der Waals surface area contributed by atoms with Crippen LogP contribution in [0.4, 0.5) is 0 Å². The van der Waals surface area contributed by atoms with Gasteiger partial charge in [-0.1, -0.05) is 46.0 Å². The number of hydrogen-bond acceptors (Lipinski definition) is 4. The molecule has 4 nitrogen and oxygen atoms in total. The van der Waals surface area contributed by atoms with Crippen LogP contribution in [0.25, 0.3) is 70.3 Å². The van der Waals surface area contributed by atoms with Crippen LogP contribution < -0.4 is 0 Å². The molecule has 0 bridgehead atoms. The molecule has 6 aromatic heterocycles. The standard InChI is InChI=1S/C31H21N4S2.Ir/c1-3-34-26-10-5-4-7-20(26)21-16-19(11-12-27(21)34)24-8-6-9-25(33-24)29-28-22-15-18(2)37-31(22)35-14-13-32-30(35)23(28)17-36-29;/h4-16H,3H2,1-2H3;/q-1;. The van der Waals surface area contributed by atoms with E-state index in [1.807, 2.05) is 12.4 Å². The van der Waals surface area contributed by atoms with Gasteiger partial charge in [-0.3, -0.25) is 21.3 Å². The molecule has 0 saturated carbocycles. The normalized spacial score (nSPS) is 11.8. The first kappa shape index (κ1) is 23.7. The van der Waals surface area contributed by atoms with Crippen molar-refractivity contribution in [2.24, 2.45) is 0 Å². The van der Waals surface area contributed by atoms with Gasteiger partial charge in [0.05, 0.1) is 16.2 Å². The molecule has 6 heterocycles. The molecular weight excluding hydrogens is 685 g/mol. The number of rotatable bonds is 3. The van der Waals surface area contributed by atoms with Gasteiger partial charge in [-0.25, -0.2) is 0 Å². The molecule has 1 radical (unpaired) electrons. The number of thiophene rings is 2. The van der Waals surface area contributed by atoms with E-state index in [0.717, 1.165) is 39.4 Å². The second kappa shape index (κ2) is 8.85.